The Balaban J connectivity index is 1.53. The SMILES string of the molecule is Cc1c(C(=O)N2CC3(COC3)C2)cc(-c2ccc(S(=O)(=O)NC(C)(C)C)c(Cl)c2Cl)n1CC1CCCCC1. The van der Waals surface area contributed by atoms with Crippen molar-refractivity contribution in [2.24, 2.45) is 11.3 Å². The van der Waals surface area contributed by atoms with Crippen LogP contribution >= 0.6 is 23.2 Å². The predicted octanol–water partition coefficient (Wildman–Crippen LogP) is 5.90. The molecule has 2 aromatic rings. The molecule has 1 aromatic carbocycles. The van der Waals surface area contributed by atoms with Crippen molar-refractivity contribution < 1.29 is 17.9 Å². The Hall–Kier alpha value is -1.58. The molecule has 3 fully saturated rings. The van der Waals surface area contributed by atoms with Gasteiger partial charge in [0.05, 0.1) is 39.9 Å². The van der Waals surface area contributed by atoms with Crippen LogP contribution in [0.25, 0.3) is 11.3 Å². The van der Waals surface area contributed by atoms with Gasteiger partial charge in [0.25, 0.3) is 5.91 Å². The normalized spacial score (nSPS) is 19.9. The van der Waals surface area contributed by atoms with Gasteiger partial charge in [0.2, 0.25) is 10.0 Å². The highest BCUT2D eigenvalue weighted by Gasteiger charge is 2.51. The summed E-state index contributed by atoms with van der Waals surface area (Å²) in [4.78, 5) is 15.4. The molecule has 1 aromatic heterocycles. The topological polar surface area (TPSA) is 80.6 Å². The van der Waals surface area contributed by atoms with Crippen molar-refractivity contribution in [3.63, 3.8) is 0 Å². The zero-order chi connectivity index (χ0) is 27.5. The van der Waals surface area contributed by atoms with E-state index in [1.807, 2.05) is 17.9 Å². The molecule has 208 valence electrons. The molecule has 1 amide bonds. The highest BCUT2D eigenvalue weighted by molar-refractivity contribution is 7.89. The first-order chi connectivity index (χ1) is 17.8. The molecular weight excluding hydrogens is 545 g/mol. The Bertz CT molecular complexity index is 1350. The van der Waals surface area contributed by atoms with Crippen molar-refractivity contribution in [3.8, 4) is 11.3 Å². The fraction of sp³-hybridized carbons (Fsp3) is 0.607. The van der Waals surface area contributed by atoms with E-state index in [9.17, 15) is 13.2 Å². The molecule has 3 aliphatic rings. The van der Waals surface area contributed by atoms with Crippen LogP contribution in [0.2, 0.25) is 10.0 Å². The molecule has 10 heteroatoms. The summed E-state index contributed by atoms with van der Waals surface area (Å²) in [6, 6.07) is 5.11. The summed E-state index contributed by atoms with van der Waals surface area (Å²) in [5, 5.41) is 0.144. The van der Waals surface area contributed by atoms with Crippen LogP contribution in [0.15, 0.2) is 23.1 Å². The van der Waals surface area contributed by atoms with E-state index in [1.54, 1.807) is 26.8 Å². The quantitative estimate of drug-likeness (QED) is 0.460. The summed E-state index contributed by atoms with van der Waals surface area (Å²) in [6.07, 6.45) is 5.99. The molecule has 0 radical (unpaired) electrons. The van der Waals surface area contributed by atoms with Crippen molar-refractivity contribution in [1.82, 2.24) is 14.2 Å². The summed E-state index contributed by atoms with van der Waals surface area (Å²) in [6.45, 7) is 11.0. The molecule has 5 rings (SSSR count). The molecule has 0 atom stereocenters. The number of benzene rings is 1. The van der Waals surface area contributed by atoms with Gasteiger partial charge in [0.15, 0.2) is 0 Å². The number of rotatable bonds is 6. The van der Waals surface area contributed by atoms with Gasteiger partial charge in [-0.3, -0.25) is 4.79 Å². The minimum atomic E-state index is -3.88. The molecular formula is C28H37Cl2N3O4S. The maximum atomic E-state index is 13.6. The summed E-state index contributed by atoms with van der Waals surface area (Å²) in [7, 11) is -3.88. The first-order valence-corrected chi connectivity index (χ1v) is 15.6. The van der Waals surface area contributed by atoms with Gasteiger partial charge in [-0.15, -0.1) is 0 Å². The molecule has 1 N–H and O–H groups in total. The minimum Gasteiger partial charge on any atom is -0.380 e. The van der Waals surface area contributed by atoms with E-state index in [1.165, 1.54) is 25.3 Å². The van der Waals surface area contributed by atoms with E-state index in [0.29, 0.717) is 30.1 Å². The van der Waals surface area contributed by atoms with Gasteiger partial charge in [-0.25, -0.2) is 13.1 Å². The second kappa shape index (κ2) is 10.1. The number of halogens is 2. The van der Waals surface area contributed by atoms with Crippen molar-refractivity contribution in [1.29, 1.82) is 0 Å². The van der Waals surface area contributed by atoms with Crippen LogP contribution in [0.4, 0.5) is 0 Å². The van der Waals surface area contributed by atoms with Crippen LogP contribution in [-0.4, -0.2) is 55.6 Å². The van der Waals surface area contributed by atoms with Gasteiger partial charge in [-0.05, 0) is 64.7 Å². The lowest BCUT2D eigenvalue weighted by Gasteiger charge is -2.54. The number of carbonyl (C=O) groups is 1. The third-order valence-electron chi connectivity index (χ3n) is 7.97. The number of likely N-dealkylation sites (tertiary alicyclic amines) is 1. The van der Waals surface area contributed by atoms with Gasteiger partial charge in [-0.1, -0.05) is 42.5 Å². The van der Waals surface area contributed by atoms with Crippen LogP contribution in [0.1, 0.15) is 68.9 Å². The molecule has 38 heavy (non-hydrogen) atoms. The molecule has 1 aliphatic carbocycles. The van der Waals surface area contributed by atoms with E-state index in [4.69, 9.17) is 27.9 Å². The van der Waals surface area contributed by atoms with Crippen molar-refractivity contribution >= 4 is 39.1 Å². The van der Waals surface area contributed by atoms with Gasteiger partial charge in [0.1, 0.15) is 4.90 Å². The lowest BCUT2D eigenvalue weighted by Crippen LogP contribution is -2.67. The largest absolute Gasteiger partial charge is 0.380 e. The number of nitrogens with one attached hydrogen (secondary N) is 1. The second-order valence-electron chi connectivity index (χ2n) is 12.4. The fourth-order valence-corrected chi connectivity index (χ4v) is 8.28. The maximum Gasteiger partial charge on any atom is 0.255 e. The Kier molecular flexibility index (Phi) is 7.44. The number of hydrogen-bond donors (Lipinski definition) is 1. The Morgan fingerprint density at radius 1 is 1.11 bits per heavy atom. The Labute approximate surface area is 235 Å². The van der Waals surface area contributed by atoms with E-state index < -0.39 is 15.6 Å². The highest BCUT2D eigenvalue weighted by atomic mass is 35.5. The van der Waals surface area contributed by atoms with E-state index in [0.717, 1.165) is 44.0 Å². The van der Waals surface area contributed by atoms with Crippen LogP contribution < -0.4 is 4.72 Å². The van der Waals surface area contributed by atoms with Gasteiger partial charge in [-0.2, -0.15) is 0 Å². The average molecular weight is 583 g/mol. The van der Waals surface area contributed by atoms with Crippen molar-refractivity contribution in [2.75, 3.05) is 26.3 Å². The first-order valence-electron chi connectivity index (χ1n) is 13.4. The standard InChI is InChI=1S/C28H37Cl2N3O4S/c1-18-21(26(34)32-14-28(15-32)16-37-17-28)12-22(33(18)13-19-8-6-5-7-9-19)20-10-11-23(25(30)24(20)29)38(35,36)31-27(2,3)4/h10-12,19,31H,5-9,13-17H2,1-4H3. The number of carbonyl (C=O) groups excluding carboxylic acids is 1. The molecule has 2 aliphatic heterocycles. The first kappa shape index (κ1) is 28.0. The number of amides is 1. The molecule has 7 nitrogen and oxygen atoms in total. The van der Waals surface area contributed by atoms with Crippen molar-refractivity contribution in [3.05, 3.63) is 39.5 Å². The van der Waals surface area contributed by atoms with Crippen LogP contribution in [-0.2, 0) is 21.3 Å². The van der Waals surface area contributed by atoms with E-state index in [-0.39, 0.29) is 26.3 Å². The number of ether oxygens (including phenoxy) is 1. The lowest BCUT2D eigenvalue weighted by atomic mass is 9.78. The zero-order valence-corrected chi connectivity index (χ0v) is 24.9. The summed E-state index contributed by atoms with van der Waals surface area (Å²) in [5.41, 5.74) is 2.44. The van der Waals surface area contributed by atoms with Gasteiger partial charge in [0, 0.05) is 36.4 Å². The van der Waals surface area contributed by atoms with Crippen LogP contribution in [0, 0.1) is 18.3 Å². The summed E-state index contributed by atoms with van der Waals surface area (Å²) in [5.74, 6) is 0.528. The predicted molar refractivity (Wildman–Crippen MR) is 150 cm³/mol. The molecule has 1 saturated carbocycles. The van der Waals surface area contributed by atoms with Crippen molar-refractivity contribution in [2.45, 2.75) is 76.8 Å². The fourth-order valence-electron chi connectivity index (χ4n) is 5.99. The second-order valence-corrected chi connectivity index (χ2v) is 14.8. The molecule has 1 spiro atoms. The summed E-state index contributed by atoms with van der Waals surface area (Å²) < 4.78 is 36.2. The van der Waals surface area contributed by atoms with Crippen LogP contribution in [0.3, 0.4) is 0 Å². The Morgan fingerprint density at radius 3 is 2.34 bits per heavy atom. The molecule has 0 bridgehead atoms. The molecule has 0 unspecified atom stereocenters. The molecule has 3 heterocycles. The number of nitrogens with zero attached hydrogens (tertiary/aromatic N) is 2. The average Bonchev–Trinajstić information content (AvgIpc) is 3.08. The third kappa shape index (κ3) is 5.27. The number of sulfonamides is 1. The lowest BCUT2D eigenvalue weighted by molar-refractivity contribution is -0.176. The van der Waals surface area contributed by atoms with Gasteiger partial charge >= 0.3 is 0 Å². The monoisotopic (exact) mass is 581 g/mol. The maximum absolute atomic E-state index is 13.6. The summed E-state index contributed by atoms with van der Waals surface area (Å²) >= 11 is 13.4. The number of aromatic nitrogens is 1. The highest BCUT2D eigenvalue weighted by Crippen LogP contribution is 2.42. The number of hydrogen-bond acceptors (Lipinski definition) is 4. The third-order valence-corrected chi connectivity index (χ3v) is 10.8. The minimum absolute atomic E-state index is 0.0134. The Morgan fingerprint density at radius 2 is 1.76 bits per heavy atom. The smallest absolute Gasteiger partial charge is 0.255 e. The molecule has 2 saturated heterocycles. The van der Waals surface area contributed by atoms with Gasteiger partial charge < -0.3 is 14.2 Å². The van der Waals surface area contributed by atoms with E-state index in [2.05, 4.69) is 9.29 Å². The van der Waals surface area contributed by atoms with E-state index >= 15 is 0 Å². The van der Waals surface area contributed by atoms with Crippen LogP contribution in [0.5, 0.6) is 0 Å². The zero-order valence-electron chi connectivity index (χ0n) is 22.6.